The molecule has 0 unspecified atom stereocenters. The minimum atomic E-state index is -2.65. The lowest BCUT2D eigenvalue weighted by atomic mass is 10.2. The van der Waals surface area contributed by atoms with Crippen molar-refractivity contribution in [1.82, 2.24) is 9.55 Å². The van der Waals surface area contributed by atoms with Crippen molar-refractivity contribution in [2.24, 2.45) is 0 Å². The minimum absolute atomic E-state index is 0.0599. The highest BCUT2D eigenvalue weighted by Crippen LogP contribution is 2.28. The molecule has 1 N–H and O–H groups in total. The number of carbonyl (C=O) groups is 2. The molecule has 9 heteroatoms. The fourth-order valence-electron chi connectivity index (χ4n) is 2.56. The van der Waals surface area contributed by atoms with Crippen LogP contribution in [0.4, 0.5) is 14.5 Å². The molecule has 0 fully saturated rings. The van der Waals surface area contributed by atoms with Gasteiger partial charge in [-0.15, -0.1) is 0 Å². The zero-order valence-corrected chi connectivity index (χ0v) is 15.0. The van der Waals surface area contributed by atoms with Gasteiger partial charge in [0, 0.05) is 5.69 Å². The number of alkyl halides is 2. The molecular weight excluding hydrogens is 376 g/mol. The van der Waals surface area contributed by atoms with Gasteiger partial charge in [-0.1, -0.05) is 18.2 Å². The lowest BCUT2D eigenvalue weighted by molar-refractivity contribution is -0.116. The summed E-state index contributed by atoms with van der Waals surface area (Å²) >= 11 is 0.286. The summed E-state index contributed by atoms with van der Waals surface area (Å²) in [5, 5.41) is 2.71. The summed E-state index contributed by atoms with van der Waals surface area (Å²) in [6.45, 7) is -0.196. The second kappa shape index (κ2) is 8.17. The fourth-order valence-corrected chi connectivity index (χ4v) is 3.16. The predicted molar refractivity (Wildman–Crippen MR) is 98.0 cm³/mol. The molecule has 140 valence electrons. The van der Waals surface area contributed by atoms with E-state index in [0.29, 0.717) is 16.7 Å². The van der Waals surface area contributed by atoms with Gasteiger partial charge >= 0.3 is 5.97 Å². The van der Waals surface area contributed by atoms with E-state index in [0.717, 1.165) is 0 Å². The third-order valence-electron chi connectivity index (χ3n) is 3.68. The summed E-state index contributed by atoms with van der Waals surface area (Å²) in [5.41, 5.74) is 1.80. The molecule has 6 nitrogen and oxygen atoms in total. The van der Waals surface area contributed by atoms with Crippen molar-refractivity contribution in [3.8, 4) is 0 Å². The van der Waals surface area contributed by atoms with E-state index in [9.17, 15) is 18.4 Å². The highest BCUT2D eigenvalue weighted by Gasteiger charge is 2.18. The number of esters is 1. The van der Waals surface area contributed by atoms with Crippen LogP contribution in [0.3, 0.4) is 0 Å². The van der Waals surface area contributed by atoms with E-state index in [1.54, 1.807) is 42.5 Å². The molecule has 3 aromatic rings. The largest absolute Gasteiger partial charge is 0.465 e. The summed E-state index contributed by atoms with van der Waals surface area (Å²) < 4.78 is 31.7. The van der Waals surface area contributed by atoms with Gasteiger partial charge in [0.2, 0.25) is 5.91 Å². The SMILES string of the molecule is COC(=O)c1cccc(NC(=O)Cn2c(SC(F)F)nc3ccccc32)c1. The number of carbonyl (C=O) groups excluding carboxylic acids is 2. The second-order valence-electron chi connectivity index (χ2n) is 5.47. The summed E-state index contributed by atoms with van der Waals surface area (Å²) in [5.74, 6) is -3.61. The van der Waals surface area contributed by atoms with Crippen LogP contribution in [-0.4, -0.2) is 34.3 Å². The predicted octanol–water partition coefficient (Wildman–Crippen LogP) is 3.78. The van der Waals surface area contributed by atoms with Crippen molar-refractivity contribution < 1.29 is 23.1 Å². The van der Waals surface area contributed by atoms with Crippen molar-refractivity contribution in [3.05, 3.63) is 54.1 Å². The zero-order chi connectivity index (χ0) is 19.4. The number of imidazole rings is 1. The van der Waals surface area contributed by atoms with Gasteiger partial charge in [0.25, 0.3) is 5.76 Å². The summed E-state index contributed by atoms with van der Waals surface area (Å²) in [6, 6.07) is 13.1. The lowest BCUT2D eigenvalue weighted by Gasteiger charge is -2.10. The Morgan fingerprint density at radius 2 is 2.00 bits per heavy atom. The number of nitrogens with zero attached hydrogens (tertiary/aromatic N) is 2. The van der Waals surface area contributed by atoms with Gasteiger partial charge in [0.05, 0.1) is 23.7 Å². The van der Waals surface area contributed by atoms with Crippen molar-refractivity contribution in [1.29, 1.82) is 0 Å². The number of nitrogens with one attached hydrogen (secondary N) is 1. The molecule has 3 rings (SSSR count). The molecule has 27 heavy (non-hydrogen) atoms. The topological polar surface area (TPSA) is 73.2 Å². The molecule has 0 spiro atoms. The van der Waals surface area contributed by atoms with E-state index in [-0.39, 0.29) is 29.0 Å². The number of methoxy groups -OCH3 is 1. The maximum absolute atomic E-state index is 12.8. The Labute approximate surface area is 157 Å². The third kappa shape index (κ3) is 4.43. The molecule has 0 saturated heterocycles. The van der Waals surface area contributed by atoms with Crippen LogP contribution < -0.4 is 5.32 Å². The van der Waals surface area contributed by atoms with Crippen LogP contribution >= 0.6 is 11.8 Å². The molecule has 0 bridgehead atoms. The molecule has 0 aliphatic rings. The van der Waals surface area contributed by atoms with Gasteiger partial charge in [-0.25, -0.2) is 9.78 Å². The van der Waals surface area contributed by atoms with Crippen LogP contribution in [-0.2, 0) is 16.1 Å². The molecule has 0 aliphatic carbocycles. The Hall–Kier alpha value is -2.94. The number of rotatable bonds is 6. The lowest BCUT2D eigenvalue weighted by Crippen LogP contribution is -2.19. The molecule has 2 aromatic carbocycles. The van der Waals surface area contributed by atoms with Crippen molar-refractivity contribution >= 4 is 40.4 Å². The summed E-state index contributed by atoms with van der Waals surface area (Å²) in [7, 11) is 1.26. The van der Waals surface area contributed by atoms with Gasteiger partial charge in [0.15, 0.2) is 5.16 Å². The van der Waals surface area contributed by atoms with E-state index < -0.39 is 17.6 Å². The fraction of sp³-hybridized carbons (Fsp3) is 0.167. The first-order valence-corrected chi connectivity index (χ1v) is 8.74. The van der Waals surface area contributed by atoms with Gasteiger partial charge in [-0.2, -0.15) is 8.78 Å². The van der Waals surface area contributed by atoms with E-state index in [2.05, 4.69) is 15.0 Å². The van der Waals surface area contributed by atoms with E-state index in [4.69, 9.17) is 0 Å². The zero-order valence-electron chi connectivity index (χ0n) is 14.2. The maximum atomic E-state index is 12.8. The molecule has 0 saturated carbocycles. The van der Waals surface area contributed by atoms with Crippen LogP contribution in [0.5, 0.6) is 0 Å². The molecule has 0 aliphatic heterocycles. The molecule has 0 radical (unpaired) electrons. The van der Waals surface area contributed by atoms with Crippen LogP contribution in [0, 0.1) is 0 Å². The van der Waals surface area contributed by atoms with Gasteiger partial charge < -0.3 is 14.6 Å². The number of para-hydroxylation sites is 2. The van der Waals surface area contributed by atoms with Gasteiger partial charge in [-0.3, -0.25) is 4.79 Å². The number of hydrogen-bond donors (Lipinski definition) is 1. The standard InChI is InChI=1S/C18H15F2N3O3S/c1-26-16(25)11-5-4-6-12(9-11)21-15(24)10-23-14-8-3-2-7-13(14)22-18(23)27-17(19)20/h2-9,17H,10H2,1H3,(H,21,24). The van der Waals surface area contributed by atoms with E-state index in [1.165, 1.54) is 17.7 Å². The molecule has 0 atom stereocenters. The second-order valence-corrected chi connectivity index (χ2v) is 6.43. The van der Waals surface area contributed by atoms with Crippen molar-refractivity contribution in [2.75, 3.05) is 12.4 Å². The smallest absolute Gasteiger partial charge is 0.337 e. The van der Waals surface area contributed by atoms with Gasteiger partial charge in [-0.05, 0) is 42.1 Å². The Morgan fingerprint density at radius 1 is 1.22 bits per heavy atom. The number of fused-ring (bicyclic) bond motifs is 1. The molecular formula is C18H15F2N3O3S. The average Bonchev–Trinajstić information content (AvgIpc) is 2.97. The maximum Gasteiger partial charge on any atom is 0.337 e. The van der Waals surface area contributed by atoms with E-state index in [1.807, 2.05) is 0 Å². The minimum Gasteiger partial charge on any atom is -0.465 e. The monoisotopic (exact) mass is 391 g/mol. The number of thioether (sulfide) groups is 1. The highest BCUT2D eigenvalue weighted by molar-refractivity contribution is 7.99. The summed E-state index contributed by atoms with van der Waals surface area (Å²) in [4.78, 5) is 28.2. The van der Waals surface area contributed by atoms with Crippen LogP contribution in [0.15, 0.2) is 53.7 Å². The number of aromatic nitrogens is 2. The number of hydrogen-bond acceptors (Lipinski definition) is 5. The Bertz CT molecular complexity index is 991. The Balaban J connectivity index is 1.83. The number of anilines is 1. The van der Waals surface area contributed by atoms with Crippen molar-refractivity contribution in [3.63, 3.8) is 0 Å². The normalized spacial score (nSPS) is 11.0. The average molecular weight is 391 g/mol. The molecule has 1 heterocycles. The third-order valence-corrected chi connectivity index (χ3v) is 4.38. The first kappa shape index (κ1) is 18.8. The van der Waals surface area contributed by atoms with Crippen LogP contribution in [0.1, 0.15) is 10.4 Å². The number of benzene rings is 2. The summed E-state index contributed by atoms with van der Waals surface area (Å²) in [6.07, 6.45) is 0. The highest BCUT2D eigenvalue weighted by atomic mass is 32.2. The first-order chi connectivity index (χ1) is 13.0. The number of halogens is 2. The number of amides is 1. The number of ether oxygens (including phenoxy) is 1. The van der Waals surface area contributed by atoms with E-state index >= 15 is 0 Å². The first-order valence-electron chi connectivity index (χ1n) is 7.86. The quantitative estimate of drug-likeness (QED) is 0.511. The molecule has 1 amide bonds. The Kier molecular flexibility index (Phi) is 5.70. The van der Waals surface area contributed by atoms with Gasteiger partial charge in [0.1, 0.15) is 6.54 Å². The molecule has 1 aromatic heterocycles. The Morgan fingerprint density at radius 3 is 2.74 bits per heavy atom. The van der Waals surface area contributed by atoms with Crippen LogP contribution in [0.2, 0.25) is 0 Å². The van der Waals surface area contributed by atoms with Crippen LogP contribution in [0.25, 0.3) is 11.0 Å². The van der Waals surface area contributed by atoms with Crippen molar-refractivity contribution in [2.45, 2.75) is 17.5 Å².